The molecule has 0 atom stereocenters. The summed E-state index contributed by atoms with van der Waals surface area (Å²) < 4.78 is 18.7. The monoisotopic (exact) mass is 400 g/mol. The van der Waals surface area contributed by atoms with Crippen LogP contribution in [-0.4, -0.2) is 19.2 Å². The number of nitrogens with one attached hydrogen (secondary N) is 1. The zero-order valence-electron chi connectivity index (χ0n) is 16.3. The maximum Gasteiger partial charge on any atom is 0.407 e. The third kappa shape index (κ3) is 4.13. The van der Waals surface area contributed by atoms with Crippen LogP contribution in [0.1, 0.15) is 29.0 Å². The molecule has 0 unspecified atom stereocenters. The summed E-state index contributed by atoms with van der Waals surface area (Å²) in [6, 6.07) is 20.5. The molecule has 0 bridgehead atoms. The third-order valence-corrected chi connectivity index (χ3v) is 5.10. The van der Waals surface area contributed by atoms with Crippen molar-refractivity contribution in [1.29, 1.82) is 0 Å². The Labute approximate surface area is 174 Å². The van der Waals surface area contributed by atoms with Crippen molar-refractivity contribution in [2.75, 3.05) is 18.9 Å². The van der Waals surface area contributed by atoms with Gasteiger partial charge in [-0.1, -0.05) is 60.4 Å². The number of amides is 1. The van der Waals surface area contributed by atoms with Crippen LogP contribution in [0.5, 0.6) is 0 Å². The maximum absolute atomic E-state index is 13.2. The number of halogens is 1. The minimum absolute atomic E-state index is 0.0268. The molecule has 1 aliphatic rings. The lowest BCUT2D eigenvalue weighted by atomic mass is 9.98. The van der Waals surface area contributed by atoms with Crippen LogP contribution >= 0.6 is 0 Å². The fourth-order valence-electron chi connectivity index (χ4n) is 3.67. The number of carbonyl (C=O) groups excluding carboxylic acids is 1. The highest BCUT2D eigenvalue weighted by Gasteiger charge is 2.28. The lowest BCUT2D eigenvalue weighted by Crippen LogP contribution is -2.26. The van der Waals surface area contributed by atoms with Crippen molar-refractivity contribution >= 4 is 11.8 Å². The first-order chi connectivity index (χ1) is 14.6. The van der Waals surface area contributed by atoms with Crippen LogP contribution in [0.4, 0.5) is 14.9 Å². The van der Waals surface area contributed by atoms with E-state index in [9.17, 15) is 9.18 Å². The predicted molar refractivity (Wildman–Crippen MR) is 115 cm³/mol. The molecule has 150 valence electrons. The van der Waals surface area contributed by atoms with Crippen LogP contribution in [0.15, 0.2) is 66.7 Å². The molecule has 0 heterocycles. The fourth-order valence-corrected chi connectivity index (χ4v) is 3.67. The number of carbonyl (C=O) groups is 1. The Bertz CT molecular complexity index is 1100. The summed E-state index contributed by atoms with van der Waals surface area (Å²) in [5.41, 5.74) is 11.3. The van der Waals surface area contributed by atoms with Gasteiger partial charge in [-0.25, -0.2) is 9.18 Å². The largest absolute Gasteiger partial charge is 0.449 e. The molecule has 5 heteroatoms. The Hall–Kier alpha value is -3.78. The molecule has 30 heavy (non-hydrogen) atoms. The van der Waals surface area contributed by atoms with E-state index in [2.05, 4.69) is 41.4 Å². The maximum atomic E-state index is 13.2. The summed E-state index contributed by atoms with van der Waals surface area (Å²) in [6.07, 6.45) is -0.0795. The highest BCUT2D eigenvalue weighted by atomic mass is 19.1. The zero-order valence-corrected chi connectivity index (χ0v) is 16.3. The predicted octanol–water partition coefficient (Wildman–Crippen LogP) is 4.69. The van der Waals surface area contributed by atoms with Gasteiger partial charge in [0.1, 0.15) is 12.4 Å². The van der Waals surface area contributed by atoms with E-state index in [1.165, 1.54) is 40.5 Å². The second kappa shape index (κ2) is 8.71. The molecule has 0 fully saturated rings. The SMILES string of the molecule is Nc1ccc(F)cc1C#CCCNC(=O)OCC1c2ccccc2-c2ccccc21. The minimum Gasteiger partial charge on any atom is -0.449 e. The van der Waals surface area contributed by atoms with Crippen molar-refractivity contribution in [3.8, 4) is 23.0 Å². The summed E-state index contributed by atoms with van der Waals surface area (Å²) in [5, 5.41) is 2.70. The number of nitrogen functional groups attached to an aromatic ring is 1. The van der Waals surface area contributed by atoms with Crippen LogP contribution < -0.4 is 11.1 Å². The molecule has 3 aromatic rings. The highest BCUT2D eigenvalue weighted by Crippen LogP contribution is 2.44. The number of ether oxygens (including phenoxy) is 1. The van der Waals surface area contributed by atoms with Gasteiger partial charge in [-0.2, -0.15) is 0 Å². The van der Waals surface area contributed by atoms with Crippen molar-refractivity contribution in [3.63, 3.8) is 0 Å². The lowest BCUT2D eigenvalue weighted by molar-refractivity contribution is 0.143. The lowest BCUT2D eigenvalue weighted by Gasteiger charge is -2.14. The molecule has 0 aliphatic heterocycles. The molecule has 3 N–H and O–H groups in total. The Kier molecular flexibility index (Phi) is 5.67. The first kappa shape index (κ1) is 19.5. The minimum atomic E-state index is -0.482. The fraction of sp³-hybridized carbons (Fsp3) is 0.160. The van der Waals surface area contributed by atoms with Crippen molar-refractivity contribution < 1.29 is 13.9 Å². The number of hydrogen-bond acceptors (Lipinski definition) is 3. The van der Waals surface area contributed by atoms with Gasteiger partial charge in [-0.15, -0.1) is 0 Å². The molecule has 0 saturated carbocycles. The van der Waals surface area contributed by atoms with E-state index in [-0.39, 0.29) is 18.3 Å². The van der Waals surface area contributed by atoms with E-state index < -0.39 is 6.09 Å². The van der Waals surface area contributed by atoms with E-state index in [1.54, 1.807) is 0 Å². The molecular formula is C25H21FN2O2. The molecule has 0 saturated heterocycles. The van der Waals surface area contributed by atoms with E-state index in [0.29, 0.717) is 24.2 Å². The molecule has 1 aliphatic carbocycles. The Morgan fingerprint density at radius 3 is 2.40 bits per heavy atom. The van der Waals surface area contributed by atoms with Gasteiger partial charge >= 0.3 is 6.09 Å². The number of alkyl carbamates (subject to hydrolysis) is 1. The average molecular weight is 400 g/mol. The van der Waals surface area contributed by atoms with E-state index in [0.717, 1.165) is 0 Å². The van der Waals surface area contributed by atoms with Crippen LogP contribution in [0.3, 0.4) is 0 Å². The van der Waals surface area contributed by atoms with Crippen molar-refractivity contribution in [1.82, 2.24) is 5.32 Å². The van der Waals surface area contributed by atoms with Gasteiger partial charge in [0.15, 0.2) is 0 Å². The summed E-state index contributed by atoms with van der Waals surface area (Å²) in [5.74, 6) is 5.34. The molecule has 4 rings (SSSR count). The first-order valence-electron chi connectivity index (χ1n) is 9.76. The first-order valence-corrected chi connectivity index (χ1v) is 9.76. The van der Waals surface area contributed by atoms with Gasteiger partial charge in [-0.05, 0) is 40.5 Å². The van der Waals surface area contributed by atoms with Gasteiger partial charge < -0.3 is 15.8 Å². The van der Waals surface area contributed by atoms with Crippen molar-refractivity contribution in [3.05, 3.63) is 89.2 Å². The van der Waals surface area contributed by atoms with Gasteiger partial charge in [0.2, 0.25) is 0 Å². The van der Waals surface area contributed by atoms with E-state index >= 15 is 0 Å². The number of anilines is 1. The van der Waals surface area contributed by atoms with Gasteiger partial charge in [-0.3, -0.25) is 0 Å². The second-order valence-corrected chi connectivity index (χ2v) is 7.04. The summed E-state index contributed by atoms with van der Waals surface area (Å²) in [4.78, 5) is 12.1. The highest BCUT2D eigenvalue weighted by molar-refractivity contribution is 5.79. The number of rotatable bonds is 4. The van der Waals surface area contributed by atoms with Gasteiger partial charge in [0, 0.05) is 24.6 Å². The van der Waals surface area contributed by atoms with Gasteiger partial charge in [0.25, 0.3) is 0 Å². The van der Waals surface area contributed by atoms with Gasteiger partial charge in [0.05, 0.1) is 5.56 Å². The smallest absolute Gasteiger partial charge is 0.407 e. The average Bonchev–Trinajstić information content (AvgIpc) is 3.08. The Balaban J connectivity index is 1.30. The molecular weight excluding hydrogens is 379 g/mol. The Morgan fingerprint density at radius 1 is 1.03 bits per heavy atom. The molecule has 1 amide bonds. The molecule has 0 radical (unpaired) electrons. The van der Waals surface area contributed by atoms with Crippen LogP contribution in [0.25, 0.3) is 11.1 Å². The zero-order chi connectivity index (χ0) is 20.9. The summed E-state index contributed by atoms with van der Waals surface area (Å²) >= 11 is 0. The van der Waals surface area contributed by atoms with Crippen LogP contribution in [0.2, 0.25) is 0 Å². The molecule has 3 aromatic carbocycles. The number of fused-ring (bicyclic) bond motifs is 3. The van der Waals surface area contributed by atoms with Crippen molar-refractivity contribution in [2.24, 2.45) is 0 Å². The third-order valence-electron chi connectivity index (χ3n) is 5.10. The quantitative estimate of drug-likeness (QED) is 0.379. The topological polar surface area (TPSA) is 64.3 Å². The van der Waals surface area contributed by atoms with E-state index in [4.69, 9.17) is 10.5 Å². The van der Waals surface area contributed by atoms with Crippen LogP contribution in [0, 0.1) is 17.7 Å². The van der Waals surface area contributed by atoms with Crippen LogP contribution in [-0.2, 0) is 4.74 Å². The normalized spacial score (nSPS) is 11.8. The number of nitrogens with two attached hydrogens (primary N) is 1. The second-order valence-electron chi connectivity index (χ2n) is 7.04. The molecule has 0 spiro atoms. The molecule has 4 nitrogen and oxygen atoms in total. The van der Waals surface area contributed by atoms with Crippen molar-refractivity contribution in [2.45, 2.75) is 12.3 Å². The number of hydrogen-bond donors (Lipinski definition) is 2. The summed E-state index contributed by atoms with van der Waals surface area (Å²) in [6.45, 7) is 0.601. The van der Waals surface area contributed by atoms with E-state index in [1.807, 2.05) is 24.3 Å². The summed E-state index contributed by atoms with van der Waals surface area (Å²) in [7, 11) is 0. The molecule has 0 aromatic heterocycles. The standard InChI is InChI=1S/C25H21FN2O2/c26-18-12-13-24(27)17(15-18)7-5-6-14-28-25(29)30-16-23-21-10-3-1-8-19(21)20-9-2-4-11-22(20)23/h1-4,8-13,15,23H,6,14,16,27H2,(H,28,29). The Morgan fingerprint density at radius 2 is 1.70 bits per heavy atom. The number of benzene rings is 3.